The van der Waals surface area contributed by atoms with Crippen LogP contribution in [0.25, 0.3) is 0 Å². The van der Waals surface area contributed by atoms with Gasteiger partial charge in [-0.2, -0.15) is 0 Å². The lowest BCUT2D eigenvalue weighted by molar-refractivity contribution is -0.143. The number of hydrogen-bond donors (Lipinski definition) is 2. The fourth-order valence-corrected chi connectivity index (χ4v) is 2.66. The van der Waals surface area contributed by atoms with Gasteiger partial charge in [-0.15, -0.1) is 0 Å². The molecule has 0 radical (unpaired) electrons. The smallest absolute Gasteiger partial charge is 0.311 e. The first-order valence-corrected chi connectivity index (χ1v) is 7.75. The lowest BCUT2D eigenvalue weighted by Gasteiger charge is -2.14. The number of hydrogen-bond acceptors (Lipinski definition) is 4. The second-order valence-electron chi connectivity index (χ2n) is 5.19. The predicted octanol–water partition coefficient (Wildman–Crippen LogP) is 2.45. The molecule has 7 heteroatoms. The number of amides is 1. The number of rotatable bonds is 7. The van der Waals surface area contributed by atoms with Crippen molar-refractivity contribution in [1.82, 2.24) is 5.32 Å². The second kappa shape index (κ2) is 6.56. The zero-order valence-electron chi connectivity index (χ0n) is 12.4. The van der Waals surface area contributed by atoms with E-state index in [0.29, 0.717) is 41.0 Å². The average molecular weight is 372 g/mol. The number of carbonyl (C=O) groups excluding carboxylic acids is 1. The van der Waals surface area contributed by atoms with Gasteiger partial charge in [0.25, 0.3) is 5.91 Å². The van der Waals surface area contributed by atoms with Crippen LogP contribution in [-0.4, -0.2) is 37.2 Å². The number of carboxylic acids is 1. The lowest BCUT2D eigenvalue weighted by Crippen LogP contribution is -2.34. The SMILES string of the molecule is CCOc1c(Br)cc(C(=O)NCC2(C(=O)O)CC2)cc1OC. The number of aliphatic carboxylic acids is 1. The highest BCUT2D eigenvalue weighted by Crippen LogP contribution is 2.45. The van der Waals surface area contributed by atoms with Crippen molar-refractivity contribution in [3.63, 3.8) is 0 Å². The van der Waals surface area contributed by atoms with Crippen LogP contribution >= 0.6 is 15.9 Å². The molecule has 0 aromatic heterocycles. The first kappa shape index (κ1) is 16.6. The summed E-state index contributed by atoms with van der Waals surface area (Å²) in [5.41, 5.74) is -0.407. The van der Waals surface area contributed by atoms with Crippen molar-refractivity contribution in [1.29, 1.82) is 0 Å². The minimum absolute atomic E-state index is 0.133. The number of methoxy groups -OCH3 is 1. The van der Waals surface area contributed by atoms with Gasteiger partial charge in [0.15, 0.2) is 11.5 Å². The van der Waals surface area contributed by atoms with E-state index < -0.39 is 11.4 Å². The maximum Gasteiger partial charge on any atom is 0.311 e. The third-order valence-electron chi connectivity index (χ3n) is 3.67. The fourth-order valence-electron chi connectivity index (χ4n) is 2.10. The van der Waals surface area contributed by atoms with Gasteiger partial charge in [0.05, 0.1) is 23.6 Å². The standard InChI is InChI=1S/C15H18BrNO5/c1-3-22-12-10(16)6-9(7-11(12)21-2)13(18)17-8-15(4-5-15)14(19)20/h6-7H,3-5,8H2,1-2H3,(H,17,18)(H,19,20). The van der Waals surface area contributed by atoms with Gasteiger partial charge in [-0.3, -0.25) is 9.59 Å². The Bertz CT molecular complexity index is 598. The highest BCUT2D eigenvalue weighted by molar-refractivity contribution is 9.10. The minimum Gasteiger partial charge on any atom is -0.493 e. The van der Waals surface area contributed by atoms with Crippen molar-refractivity contribution in [2.45, 2.75) is 19.8 Å². The minimum atomic E-state index is -0.863. The van der Waals surface area contributed by atoms with Gasteiger partial charge >= 0.3 is 5.97 Å². The molecular formula is C15H18BrNO5. The maximum atomic E-state index is 12.2. The molecule has 0 atom stereocenters. The summed E-state index contributed by atoms with van der Waals surface area (Å²) in [7, 11) is 1.50. The van der Waals surface area contributed by atoms with E-state index in [4.69, 9.17) is 14.6 Å². The summed E-state index contributed by atoms with van der Waals surface area (Å²) >= 11 is 3.36. The number of benzene rings is 1. The van der Waals surface area contributed by atoms with Crippen LogP contribution in [0.15, 0.2) is 16.6 Å². The Morgan fingerprint density at radius 2 is 2.09 bits per heavy atom. The quantitative estimate of drug-likeness (QED) is 0.768. The zero-order valence-corrected chi connectivity index (χ0v) is 14.0. The molecule has 1 fully saturated rings. The van der Waals surface area contributed by atoms with Crippen molar-refractivity contribution < 1.29 is 24.2 Å². The summed E-state index contributed by atoms with van der Waals surface area (Å²) in [5.74, 6) is -0.223. The van der Waals surface area contributed by atoms with Crippen LogP contribution in [0.1, 0.15) is 30.1 Å². The molecule has 120 valence electrons. The summed E-state index contributed by atoms with van der Waals surface area (Å²) in [6.45, 7) is 2.46. The molecule has 22 heavy (non-hydrogen) atoms. The van der Waals surface area contributed by atoms with Crippen molar-refractivity contribution in [2.24, 2.45) is 5.41 Å². The van der Waals surface area contributed by atoms with Gasteiger partial charge in [0.1, 0.15) is 0 Å². The maximum absolute atomic E-state index is 12.2. The Kier molecular flexibility index (Phi) is 4.95. The van der Waals surface area contributed by atoms with Crippen molar-refractivity contribution in [2.75, 3.05) is 20.3 Å². The molecule has 1 aromatic rings. The van der Waals surface area contributed by atoms with E-state index in [1.165, 1.54) is 7.11 Å². The van der Waals surface area contributed by atoms with Crippen LogP contribution in [0.4, 0.5) is 0 Å². The Morgan fingerprint density at radius 3 is 2.59 bits per heavy atom. The molecule has 2 rings (SSSR count). The van der Waals surface area contributed by atoms with Gasteiger partial charge in [-0.1, -0.05) is 0 Å². The number of halogens is 1. The second-order valence-corrected chi connectivity index (χ2v) is 6.04. The summed E-state index contributed by atoms with van der Waals surface area (Å²) in [6, 6.07) is 3.20. The third kappa shape index (κ3) is 3.35. The molecule has 0 saturated heterocycles. The van der Waals surface area contributed by atoms with Crippen LogP contribution in [0.5, 0.6) is 11.5 Å². The van der Waals surface area contributed by atoms with E-state index in [2.05, 4.69) is 21.2 Å². The largest absolute Gasteiger partial charge is 0.493 e. The molecule has 0 aliphatic heterocycles. The topological polar surface area (TPSA) is 84.9 Å². The van der Waals surface area contributed by atoms with Crippen molar-refractivity contribution >= 4 is 27.8 Å². The van der Waals surface area contributed by atoms with Gasteiger partial charge in [0.2, 0.25) is 0 Å². The first-order valence-electron chi connectivity index (χ1n) is 6.95. The normalized spacial score (nSPS) is 15.0. The number of ether oxygens (including phenoxy) is 2. The van der Waals surface area contributed by atoms with Gasteiger partial charge in [0, 0.05) is 12.1 Å². The molecule has 1 aromatic carbocycles. The van der Waals surface area contributed by atoms with E-state index in [1.54, 1.807) is 12.1 Å². The number of carboxylic acid groups (broad SMARTS) is 1. The fraction of sp³-hybridized carbons (Fsp3) is 0.467. The molecule has 1 aliphatic carbocycles. The first-order chi connectivity index (χ1) is 10.4. The summed E-state index contributed by atoms with van der Waals surface area (Å²) in [5, 5.41) is 11.8. The summed E-state index contributed by atoms with van der Waals surface area (Å²) < 4.78 is 11.3. The Hall–Kier alpha value is -1.76. The highest BCUT2D eigenvalue weighted by Gasteiger charge is 2.50. The Labute approximate surface area is 136 Å². The zero-order chi connectivity index (χ0) is 16.3. The Balaban J connectivity index is 2.13. The van der Waals surface area contributed by atoms with E-state index in [1.807, 2.05) is 6.92 Å². The van der Waals surface area contributed by atoms with Crippen LogP contribution in [0.2, 0.25) is 0 Å². The predicted molar refractivity (Wildman–Crippen MR) is 83.5 cm³/mol. The Morgan fingerprint density at radius 1 is 1.41 bits per heavy atom. The van der Waals surface area contributed by atoms with E-state index >= 15 is 0 Å². The monoisotopic (exact) mass is 371 g/mol. The highest BCUT2D eigenvalue weighted by atomic mass is 79.9. The average Bonchev–Trinajstić information content (AvgIpc) is 3.28. The molecular weight excluding hydrogens is 354 g/mol. The van der Waals surface area contributed by atoms with E-state index in [0.717, 1.165) is 0 Å². The van der Waals surface area contributed by atoms with E-state index in [-0.39, 0.29) is 12.5 Å². The molecule has 0 heterocycles. The van der Waals surface area contributed by atoms with Crippen molar-refractivity contribution in [3.8, 4) is 11.5 Å². The summed E-state index contributed by atoms with van der Waals surface area (Å²) in [6.07, 6.45) is 1.19. The van der Waals surface area contributed by atoms with Crippen LogP contribution in [-0.2, 0) is 4.79 Å². The molecule has 1 aliphatic rings. The molecule has 1 amide bonds. The molecule has 2 N–H and O–H groups in total. The van der Waals surface area contributed by atoms with Crippen LogP contribution < -0.4 is 14.8 Å². The third-order valence-corrected chi connectivity index (χ3v) is 4.26. The van der Waals surface area contributed by atoms with Gasteiger partial charge in [-0.05, 0) is 47.8 Å². The number of carbonyl (C=O) groups is 2. The lowest BCUT2D eigenvalue weighted by atomic mass is 10.1. The summed E-state index contributed by atoms with van der Waals surface area (Å²) in [4.78, 5) is 23.3. The molecule has 0 spiro atoms. The van der Waals surface area contributed by atoms with Crippen LogP contribution in [0, 0.1) is 5.41 Å². The van der Waals surface area contributed by atoms with Crippen molar-refractivity contribution in [3.05, 3.63) is 22.2 Å². The number of nitrogens with one attached hydrogen (secondary N) is 1. The van der Waals surface area contributed by atoms with E-state index in [9.17, 15) is 9.59 Å². The van der Waals surface area contributed by atoms with Gasteiger partial charge in [-0.25, -0.2) is 0 Å². The molecule has 6 nitrogen and oxygen atoms in total. The molecule has 0 unspecified atom stereocenters. The van der Waals surface area contributed by atoms with Crippen LogP contribution in [0.3, 0.4) is 0 Å². The molecule has 1 saturated carbocycles. The molecule has 0 bridgehead atoms. The van der Waals surface area contributed by atoms with Gasteiger partial charge < -0.3 is 19.9 Å².